The number of carbonyl (C=O) groups is 1. The second-order valence-corrected chi connectivity index (χ2v) is 12.1. The Balaban J connectivity index is 1.34. The maximum atomic E-state index is 13.5. The van der Waals surface area contributed by atoms with E-state index in [2.05, 4.69) is 25.0 Å². The number of thiazole rings is 1. The molecule has 1 aromatic carbocycles. The first-order valence-electron chi connectivity index (χ1n) is 12.5. The topological polar surface area (TPSA) is 123 Å². The molecule has 0 spiro atoms. The number of nitrogens with one attached hydrogen (secondary N) is 2. The highest BCUT2D eigenvalue weighted by Gasteiger charge is 2.28. The maximum Gasteiger partial charge on any atom is 0.240 e. The molecule has 9 nitrogen and oxygen atoms in total. The number of amides is 1. The molecule has 1 fully saturated rings. The average Bonchev–Trinajstić information content (AvgIpc) is 3.60. The Morgan fingerprint density at radius 3 is 2.58 bits per heavy atom. The molecule has 3 aromatic heterocycles. The van der Waals surface area contributed by atoms with Crippen molar-refractivity contribution >= 4 is 42.7 Å². The van der Waals surface area contributed by atoms with Gasteiger partial charge in [-0.1, -0.05) is 55.2 Å². The molecule has 0 saturated heterocycles. The van der Waals surface area contributed by atoms with Crippen LogP contribution >= 0.6 is 11.3 Å². The quantitative estimate of drug-likeness (QED) is 0.288. The molecular weight excluding hydrogens is 522 g/mol. The number of rotatable bonds is 10. The standard InChI is InChI=1S/C27H29N5O4S2/c1-36-24-14-13-23-26(31-24)37-27(30-23)32-25(33)22(16-18-6-2-3-7-18)19-9-11-21(12-10-19)38(34,35)29-17-20-8-4-5-15-28-20/h4-5,8-15,18,22,29H,2-3,6-7,16-17H2,1H3,(H,30,32,33). The van der Waals surface area contributed by atoms with Crippen LogP contribution in [0.4, 0.5) is 5.13 Å². The summed E-state index contributed by atoms with van der Waals surface area (Å²) in [5, 5.41) is 3.45. The highest BCUT2D eigenvalue weighted by molar-refractivity contribution is 7.89. The molecule has 38 heavy (non-hydrogen) atoms. The van der Waals surface area contributed by atoms with Crippen LogP contribution < -0.4 is 14.8 Å². The number of aromatic nitrogens is 3. The fourth-order valence-corrected chi connectivity index (χ4v) is 6.60. The van der Waals surface area contributed by atoms with Crippen LogP contribution in [0.25, 0.3) is 10.3 Å². The van der Waals surface area contributed by atoms with E-state index in [0.717, 1.165) is 18.4 Å². The van der Waals surface area contributed by atoms with E-state index in [4.69, 9.17) is 4.74 Å². The van der Waals surface area contributed by atoms with Crippen LogP contribution in [0.1, 0.15) is 49.3 Å². The van der Waals surface area contributed by atoms with Crippen molar-refractivity contribution in [2.75, 3.05) is 12.4 Å². The predicted molar refractivity (Wildman–Crippen MR) is 147 cm³/mol. The molecule has 4 aromatic rings. The van der Waals surface area contributed by atoms with Gasteiger partial charge in [0.15, 0.2) is 5.13 Å². The summed E-state index contributed by atoms with van der Waals surface area (Å²) in [6.07, 6.45) is 6.85. The Morgan fingerprint density at radius 2 is 1.87 bits per heavy atom. The van der Waals surface area contributed by atoms with Crippen molar-refractivity contribution in [3.63, 3.8) is 0 Å². The maximum absolute atomic E-state index is 13.5. The minimum absolute atomic E-state index is 0.0978. The Morgan fingerprint density at radius 1 is 1.08 bits per heavy atom. The number of hydrogen-bond donors (Lipinski definition) is 2. The van der Waals surface area contributed by atoms with Gasteiger partial charge in [-0.25, -0.2) is 23.1 Å². The van der Waals surface area contributed by atoms with Crippen LogP contribution in [-0.2, 0) is 21.4 Å². The number of carbonyl (C=O) groups excluding carboxylic acids is 1. The van der Waals surface area contributed by atoms with Crippen molar-refractivity contribution in [3.8, 4) is 5.88 Å². The van der Waals surface area contributed by atoms with Gasteiger partial charge in [-0.3, -0.25) is 9.78 Å². The van der Waals surface area contributed by atoms with Crippen molar-refractivity contribution in [3.05, 3.63) is 72.1 Å². The molecule has 3 heterocycles. The van der Waals surface area contributed by atoms with Crippen molar-refractivity contribution in [2.45, 2.75) is 49.5 Å². The zero-order valence-electron chi connectivity index (χ0n) is 21.0. The zero-order valence-corrected chi connectivity index (χ0v) is 22.6. The van der Waals surface area contributed by atoms with Gasteiger partial charge in [0.25, 0.3) is 0 Å². The zero-order chi connectivity index (χ0) is 26.5. The first kappa shape index (κ1) is 26.2. The Kier molecular flexibility index (Phi) is 7.96. The lowest BCUT2D eigenvalue weighted by molar-refractivity contribution is -0.118. The normalized spacial score (nSPS) is 15.0. The summed E-state index contributed by atoms with van der Waals surface area (Å²) in [5.74, 6) is 0.357. The third kappa shape index (κ3) is 6.17. The first-order valence-corrected chi connectivity index (χ1v) is 14.8. The summed E-state index contributed by atoms with van der Waals surface area (Å²) in [5.41, 5.74) is 2.09. The van der Waals surface area contributed by atoms with Crippen LogP contribution in [0.2, 0.25) is 0 Å². The van der Waals surface area contributed by atoms with Crippen molar-refractivity contribution in [2.24, 2.45) is 5.92 Å². The highest BCUT2D eigenvalue weighted by atomic mass is 32.2. The second-order valence-electron chi connectivity index (χ2n) is 9.34. The lowest BCUT2D eigenvalue weighted by atomic mass is 9.87. The van der Waals surface area contributed by atoms with E-state index in [0.29, 0.717) is 39.4 Å². The van der Waals surface area contributed by atoms with Crippen LogP contribution in [0.15, 0.2) is 65.7 Å². The minimum atomic E-state index is -3.73. The van der Waals surface area contributed by atoms with Gasteiger partial charge in [0.05, 0.1) is 30.2 Å². The lowest BCUT2D eigenvalue weighted by Crippen LogP contribution is -2.24. The third-order valence-corrected chi connectivity index (χ3v) is 9.09. The largest absolute Gasteiger partial charge is 0.481 e. The summed E-state index contributed by atoms with van der Waals surface area (Å²) in [7, 11) is -2.17. The summed E-state index contributed by atoms with van der Waals surface area (Å²) in [6, 6.07) is 15.5. The van der Waals surface area contributed by atoms with Gasteiger partial charge in [0, 0.05) is 12.3 Å². The fraction of sp³-hybridized carbons (Fsp3) is 0.333. The smallest absolute Gasteiger partial charge is 0.240 e. The molecule has 1 atom stereocenters. The average molecular weight is 552 g/mol. The van der Waals surface area contributed by atoms with E-state index in [9.17, 15) is 13.2 Å². The number of hydrogen-bond acceptors (Lipinski definition) is 8. The fourth-order valence-electron chi connectivity index (χ4n) is 4.77. The molecule has 1 unspecified atom stereocenters. The summed E-state index contributed by atoms with van der Waals surface area (Å²) in [6.45, 7) is 0.0978. The van der Waals surface area contributed by atoms with Gasteiger partial charge in [-0.15, -0.1) is 0 Å². The Labute approximate surface area is 225 Å². The third-order valence-electron chi connectivity index (χ3n) is 6.79. The Bertz CT molecular complexity index is 1500. The number of sulfonamides is 1. The van der Waals surface area contributed by atoms with Crippen molar-refractivity contribution in [1.82, 2.24) is 19.7 Å². The van der Waals surface area contributed by atoms with Crippen LogP contribution in [0, 0.1) is 5.92 Å². The number of fused-ring (bicyclic) bond motifs is 1. The number of pyridine rings is 2. The molecule has 1 amide bonds. The van der Waals surface area contributed by atoms with Gasteiger partial charge in [-0.05, 0) is 48.2 Å². The molecule has 1 aliphatic carbocycles. The molecule has 198 valence electrons. The summed E-state index contributed by atoms with van der Waals surface area (Å²) < 4.78 is 33.4. The number of anilines is 1. The molecule has 5 rings (SSSR count). The second kappa shape index (κ2) is 11.5. The van der Waals surface area contributed by atoms with E-state index in [-0.39, 0.29) is 17.3 Å². The lowest BCUT2D eigenvalue weighted by Gasteiger charge is -2.20. The SMILES string of the molecule is COc1ccc2nc(NC(=O)C(CC3CCCC3)c3ccc(S(=O)(=O)NCc4ccccn4)cc3)sc2n1. The molecule has 1 aliphatic rings. The summed E-state index contributed by atoms with van der Waals surface area (Å²) in [4.78, 5) is 27.4. The van der Waals surface area contributed by atoms with Crippen LogP contribution in [-0.4, -0.2) is 36.4 Å². The van der Waals surface area contributed by atoms with Gasteiger partial charge in [0.1, 0.15) is 10.3 Å². The number of benzene rings is 1. The van der Waals surface area contributed by atoms with Crippen LogP contribution in [0.5, 0.6) is 5.88 Å². The Hall–Kier alpha value is -3.41. The molecule has 0 radical (unpaired) electrons. The van der Waals surface area contributed by atoms with E-state index >= 15 is 0 Å². The van der Waals surface area contributed by atoms with Crippen molar-refractivity contribution in [1.29, 1.82) is 0 Å². The number of methoxy groups -OCH3 is 1. The van der Waals surface area contributed by atoms with E-state index in [1.54, 1.807) is 55.8 Å². The number of nitrogens with zero attached hydrogens (tertiary/aromatic N) is 3. The monoisotopic (exact) mass is 551 g/mol. The number of ether oxygens (including phenoxy) is 1. The molecule has 0 aliphatic heterocycles. The first-order chi connectivity index (χ1) is 18.4. The molecule has 1 saturated carbocycles. The molecular formula is C27H29N5O4S2. The van der Waals surface area contributed by atoms with Gasteiger partial charge >= 0.3 is 0 Å². The van der Waals surface area contributed by atoms with Crippen molar-refractivity contribution < 1.29 is 17.9 Å². The van der Waals surface area contributed by atoms with Gasteiger partial charge < -0.3 is 10.1 Å². The molecule has 11 heteroatoms. The summed E-state index contributed by atoms with van der Waals surface area (Å²) >= 11 is 1.29. The van der Waals surface area contributed by atoms with Crippen LogP contribution in [0.3, 0.4) is 0 Å². The van der Waals surface area contributed by atoms with E-state index < -0.39 is 15.9 Å². The van der Waals surface area contributed by atoms with E-state index in [1.807, 2.05) is 12.1 Å². The van der Waals surface area contributed by atoms with Gasteiger partial charge in [0.2, 0.25) is 21.8 Å². The molecule has 0 bridgehead atoms. The highest BCUT2D eigenvalue weighted by Crippen LogP contribution is 2.36. The molecule has 2 N–H and O–H groups in total. The van der Waals surface area contributed by atoms with E-state index in [1.165, 1.54) is 24.2 Å². The van der Waals surface area contributed by atoms with Gasteiger partial charge in [-0.2, -0.15) is 0 Å². The predicted octanol–water partition coefficient (Wildman–Crippen LogP) is 4.88. The minimum Gasteiger partial charge on any atom is -0.481 e.